The molecule has 18 heavy (non-hydrogen) atoms. The number of nitrogens with two attached hydrogens (primary N) is 1. The van der Waals surface area contributed by atoms with Crippen molar-refractivity contribution in [3.05, 3.63) is 24.0 Å². The molecule has 1 atom stereocenters. The molecule has 5 nitrogen and oxygen atoms in total. The van der Waals surface area contributed by atoms with Gasteiger partial charge in [-0.1, -0.05) is 0 Å². The van der Waals surface area contributed by atoms with Crippen molar-refractivity contribution in [2.24, 2.45) is 5.73 Å². The Labute approximate surface area is 108 Å². The molecule has 1 aromatic heterocycles. The maximum Gasteiger partial charge on any atom is 0.219 e. The second-order valence-electron chi connectivity index (χ2n) is 4.72. The number of nitrogens with zero attached hydrogens (tertiary/aromatic N) is 3. The lowest BCUT2D eigenvalue weighted by Crippen LogP contribution is -2.48. The normalized spacial score (nSPS) is 17.7. The molecule has 2 rings (SSSR count). The summed E-state index contributed by atoms with van der Waals surface area (Å²) in [5.41, 5.74) is 7.78. The highest BCUT2D eigenvalue weighted by Crippen LogP contribution is 2.17. The van der Waals surface area contributed by atoms with Gasteiger partial charge in [0.15, 0.2) is 0 Å². The first-order valence-electron chi connectivity index (χ1n) is 6.30. The van der Waals surface area contributed by atoms with Gasteiger partial charge in [0.1, 0.15) is 0 Å². The summed E-state index contributed by atoms with van der Waals surface area (Å²) in [4.78, 5) is 19.7. The Morgan fingerprint density at radius 3 is 2.44 bits per heavy atom. The number of hydrogen-bond donors (Lipinski definition) is 1. The Kier molecular flexibility index (Phi) is 3.81. The van der Waals surface area contributed by atoms with Gasteiger partial charge in [-0.2, -0.15) is 0 Å². The molecule has 1 aliphatic heterocycles. The molecule has 1 aromatic rings. The summed E-state index contributed by atoms with van der Waals surface area (Å²) < 4.78 is 0. The highest BCUT2D eigenvalue weighted by Gasteiger charge is 2.18. The van der Waals surface area contributed by atoms with Crippen LogP contribution >= 0.6 is 0 Å². The number of carbonyl (C=O) groups is 1. The van der Waals surface area contributed by atoms with Crippen LogP contribution < -0.4 is 10.6 Å². The number of carbonyl (C=O) groups excluding carboxylic acids is 1. The van der Waals surface area contributed by atoms with Gasteiger partial charge in [-0.25, -0.2) is 0 Å². The largest absolute Gasteiger partial charge is 0.367 e. The van der Waals surface area contributed by atoms with Crippen molar-refractivity contribution in [1.82, 2.24) is 9.88 Å². The fourth-order valence-electron chi connectivity index (χ4n) is 2.13. The van der Waals surface area contributed by atoms with Gasteiger partial charge in [0.25, 0.3) is 0 Å². The van der Waals surface area contributed by atoms with E-state index in [2.05, 4.69) is 16.0 Å². The summed E-state index contributed by atoms with van der Waals surface area (Å²) >= 11 is 0. The average molecular weight is 248 g/mol. The molecule has 0 bridgehead atoms. The summed E-state index contributed by atoms with van der Waals surface area (Å²) in [5.74, 6) is 0.153. The smallest absolute Gasteiger partial charge is 0.219 e. The van der Waals surface area contributed by atoms with E-state index in [9.17, 15) is 4.79 Å². The van der Waals surface area contributed by atoms with Gasteiger partial charge in [-0.3, -0.25) is 9.78 Å². The standard InChI is InChI=1S/C13H20N4O/c1-10(14)13-4-3-12(9-15-13)17-7-5-16(6-8-17)11(2)18/h3-4,9-10H,5-8,14H2,1-2H3/t10-/m1/s1. The minimum absolute atomic E-state index is 0.0337. The van der Waals surface area contributed by atoms with Crippen LogP contribution in [0.4, 0.5) is 5.69 Å². The molecular weight excluding hydrogens is 228 g/mol. The van der Waals surface area contributed by atoms with E-state index in [4.69, 9.17) is 5.73 Å². The first kappa shape index (κ1) is 12.8. The van der Waals surface area contributed by atoms with E-state index < -0.39 is 0 Å². The van der Waals surface area contributed by atoms with E-state index in [-0.39, 0.29) is 11.9 Å². The van der Waals surface area contributed by atoms with E-state index in [0.717, 1.165) is 37.6 Å². The summed E-state index contributed by atoms with van der Waals surface area (Å²) in [6.07, 6.45) is 1.86. The van der Waals surface area contributed by atoms with Gasteiger partial charge >= 0.3 is 0 Å². The van der Waals surface area contributed by atoms with Crippen molar-refractivity contribution >= 4 is 11.6 Å². The number of pyridine rings is 1. The number of anilines is 1. The van der Waals surface area contributed by atoms with Crippen LogP contribution in [-0.2, 0) is 4.79 Å². The van der Waals surface area contributed by atoms with Crippen molar-refractivity contribution in [3.8, 4) is 0 Å². The molecule has 0 radical (unpaired) electrons. The van der Waals surface area contributed by atoms with Crippen molar-refractivity contribution in [2.45, 2.75) is 19.9 Å². The lowest BCUT2D eigenvalue weighted by molar-refractivity contribution is -0.129. The van der Waals surface area contributed by atoms with Gasteiger partial charge in [-0.15, -0.1) is 0 Å². The summed E-state index contributed by atoms with van der Waals surface area (Å²) in [5, 5.41) is 0. The third-order valence-corrected chi connectivity index (χ3v) is 3.33. The SMILES string of the molecule is CC(=O)N1CCN(c2ccc([C@@H](C)N)nc2)CC1. The lowest BCUT2D eigenvalue weighted by atomic mass is 10.2. The van der Waals surface area contributed by atoms with Crippen molar-refractivity contribution in [1.29, 1.82) is 0 Å². The molecule has 0 unspecified atom stereocenters. The predicted octanol–water partition coefficient (Wildman–Crippen LogP) is 0.770. The second-order valence-corrected chi connectivity index (χ2v) is 4.72. The molecule has 0 spiro atoms. The van der Waals surface area contributed by atoms with Crippen molar-refractivity contribution < 1.29 is 4.79 Å². The Morgan fingerprint density at radius 2 is 2.00 bits per heavy atom. The Hall–Kier alpha value is -1.62. The van der Waals surface area contributed by atoms with Gasteiger partial charge < -0.3 is 15.5 Å². The quantitative estimate of drug-likeness (QED) is 0.839. The number of amides is 1. The molecule has 1 aliphatic rings. The Balaban J connectivity index is 1.99. The fourth-order valence-corrected chi connectivity index (χ4v) is 2.13. The molecule has 1 amide bonds. The number of piperazine rings is 1. The molecular formula is C13H20N4O. The molecule has 2 N–H and O–H groups in total. The minimum atomic E-state index is -0.0337. The van der Waals surface area contributed by atoms with Crippen LogP contribution in [0.2, 0.25) is 0 Å². The predicted molar refractivity (Wildman–Crippen MR) is 71.3 cm³/mol. The van der Waals surface area contributed by atoms with Crippen molar-refractivity contribution in [2.75, 3.05) is 31.1 Å². The van der Waals surface area contributed by atoms with Gasteiger partial charge in [0.2, 0.25) is 5.91 Å². The highest BCUT2D eigenvalue weighted by atomic mass is 16.2. The first-order valence-corrected chi connectivity index (χ1v) is 6.30. The zero-order valence-corrected chi connectivity index (χ0v) is 11.0. The summed E-state index contributed by atoms with van der Waals surface area (Å²) in [6, 6.07) is 3.99. The minimum Gasteiger partial charge on any atom is -0.367 e. The molecule has 2 heterocycles. The maximum atomic E-state index is 11.2. The molecule has 98 valence electrons. The second kappa shape index (κ2) is 5.35. The Morgan fingerprint density at radius 1 is 1.33 bits per heavy atom. The average Bonchev–Trinajstić information content (AvgIpc) is 2.39. The molecule has 5 heteroatoms. The van der Waals surface area contributed by atoms with Crippen LogP contribution in [0.25, 0.3) is 0 Å². The van der Waals surface area contributed by atoms with E-state index >= 15 is 0 Å². The van der Waals surface area contributed by atoms with Crippen LogP contribution in [0, 0.1) is 0 Å². The van der Waals surface area contributed by atoms with Crippen LogP contribution in [0.15, 0.2) is 18.3 Å². The number of rotatable bonds is 2. The van der Waals surface area contributed by atoms with E-state index in [1.54, 1.807) is 6.92 Å². The number of aromatic nitrogens is 1. The third kappa shape index (κ3) is 2.79. The lowest BCUT2D eigenvalue weighted by Gasteiger charge is -2.35. The third-order valence-electron chi connectivity index (χ3n) is 3.33. The van der Waals surface area contributed by atoms with E-state index in [0.29, 0.717) is 0 Å². The molecule has 1 saturated heterocycles. The van der Waals surface area contributed by atoms with E-state index in [1.807, 2.05) is 24.1 Å². The van der Waals surface area contributed by atoms with Crippen molar-refractivity contribution in [3.63, 3.8) is 0 Å². The summed E-state index contributed by atoms with van der Waals surface area (Å²) in [6.45, 7) is 6.83. The first-order chi connectivity index (χ1) is 8.58. The zero-order chi connectivity index (χ0) is 13.1. The van der Waals surface area contributed by atoms with Gasteiger partial charge in [0, 0.05) is 39.1 Å². The number of hydrogen-bond acceptors (Lipinski definition) is 4. The monoisotopic (exact) mass is 248 g/mol. The van der Waals surface area contributed by atoms with Crippen LogP contribution in [-0.4, -0.2) is 42.0 Å². The molecule has 1 fully saturated rings. The van der Waals surface area contributed by atoms with Crippen LogP contribution in [0.1, 0.15) is 25.6 Å². The van der Waals surface area contributed by atoms with Gasteiger partial charge in [0.05, 0.1) is 17.6 Å². The molecule has 0 saturated carbocycles. The Bertz CT molecular complexity index is 408. The summed E-state index contributed by atoms with van der Waals surface area (Å²) in [7, 11) is 0. The topological polar surface area (TPSA) is 62.5 Å². The highest BCUT2D eigenvalue weighted by molar-refractivity contribution is 5.73. The van der Waals surface area contributed by atoms with Crippen LogP contribution in [0.5, 0.6) is 0 Å². The van der Waals surface area contributed by atoms with Crippen LogP contribution in [0.3, 0.4) is 0 Å². The maximum absolute atomic E-state index is 11.2. The molecule has 0 aliphatic carbocycles. The zero-order valence-electron chi connectivity index (χ0n) is 11.0. The van der Waals surface area contributed by atoms with Gasteiger partial charge in [-0.05, 0) is 19.1 Å². The fraction of sp³-hybridized carbons (Fsp3) is 0.538. The molecule has 0 aromatic carbocycles. The van der Waals surface area contributed by atoms with E-state index in [1.165, 1.54) is 0 Å².